The van der Waals surface area contributed by atoms with Gasteiger partial charge in [-0.15, -0.1) is 0 Å². The Morgan fingerprint density at radius 2 is 1.62 bits per heavy atom. The minimum absolute atomic E-state index is 0. The third-order valence-corrected chi connectivity index (χ3v) is 0.836. The van der Waals surface area contributed by atoms with Gasteiger partial charge in [0.2, 0.25) is 0 Å². The van der Waals surface area contributed by atoms with E-state index in [1.165, 1.54) is 0 Å². The van der Waals surface area contributed by atoms with E-state index in [-0.39, 0.29) is 14.9 Å². The molecule has 0 aromatic rings. The second kappa shape index (κ2) is 4.13. The van der Waals surface area contributed by atoms with Crippen LogP contribution in [0, 0.1) is 14.4 Å². The van der Waals surface area contributed by atoms with Gasteiger partial charge in [-0.3, -0.25) is 0 Å². The average Bonchev–Trinajstić information content (AvgIpc) is 1.79. The van der Waals surface area contributed by atoms with E-state index in [0.717, 1.165) is 0 Å². The number of epoxide rings is 1. The van der Waals surface area contributed by atoms with Crippen molar-refractivity contribution in [1.29, 1.82) is 0 Å². The Balaban J connectivity index is -0.0000000833. The fourth-order valence-electron chi connectivity index (χ4n) is 0.230. The summed E-state index contributed by atoms with van der Waals surface area (Å²) in [5, 5.41) is 0. The molecule has 1 heterocycles. The molecule has 1 aliphatic rings. The van der Waals surface area contributed by atoms with E-state index in [1.54, 1.807) is 0 Å². The van der Waals surface area contributed by atoms with Crippen molar-refractivity contribution in [2.45, 2.75) is 26.6 Å². The molecule has 0 N–H and O–H groups in total. The van der Waals surface area contributed by atoms with Gasteiger partial charge in [0.05, 0.1) is 0 Å². The average molecular weight is 369 g/mol. The maximum Gasteiger partial charge on any atom is 0.0496 e. The van der Waals surface area contributed by atoms with Crippen molar-refractivity contribution < 1.29 is 4.74 Å². The summed E-state index contributed by atoms with van der Waals surface area (Å²) in [6.07, 6.45) is 0.741. The van der Waals surface area contributed by atoms with Crippen LogP contribution in [0.4, 0.5) is 0 Å². The Bertz CT molecular complexity index is 41.8. The quantitative estimate of drug-likeness (QED) is 0.468. The molecule has 0 bridgehead atoms. The molecule has 48 valence electrons. The molecule has 2 unspecified atom stereocenters. The van der Waals surface area contributed by atoms with E-state index >= 15 is 0 Å². The SMILES string of the molecule is C.[CH2-]C1OC1C.[CH3-].[Rf]. The molecule has 0 amide bonds. The van der Waals surface area contributed by atoms with Crippen LogP contribution < -0.4 is 0 Å². The summed E-state index contributed by atoms with van der Waals surface area (Å²) < 4.78 is 4.81. The molecule has 1 fully saturated rings. The van der Waals surface area contributed by atoms with Gasteiger partial charge in [-0.05, 0) is 13.0 Å². The first-order chi connectivity index (χ1) is 2.30. The molecule has 1 nitrogen and oxygen atoms in total. The Kier molecular flexibility index (Phi) is 8.13. The molecule has 2 heteroatoms. The fraction of sp³-hybridized carbons (Fsp3) is 0.667. The van der Waals surface area contributed by atoms with E-state index in [9.17, 15) is 0 Å². The van der Waals surface area contributed by atoms with E-state index in [0.29, 0.717) is 12.2 Å². The van der Waals surface area contributed by atoms with Crippen LogP contribution in [0.15, 0.2) is 0 Å². The third kappa shape index (κ3) is 3.16. The van der Waals surface area contributed by atoms with Crippen LogP contribution in [0.2, 0.25) is 0 Å². The van der Waals surface area contributed by atoms with Crippen molar-refractivity contribution in [3.05, 3.63) is 14.4 Å². The van der Waals surface area contributed by atoms with Crippen molar-refractivity contribution in [2.75, 3.05) is 0 Å². The zero-order chi connectivity index (χ0) is 3.86. The molecule has 0 radical (unpaired) electrons. The van der Waals surface area contributed by atoms with Gasteiger partial charge in [0.1, 0.15) is 0 Å². The van der Waals surface area contributed by atoms with E-state index in [1.807, 2.05) is 6.92 Å². The van der Waals surface area contributed by atoms with Gasteiger partial charge in [0.15, 0.2) is 0 Å². The number of rotatable bonds is 0. The summed E-state index contributed by atoms with van der Waals surface area (Å²) in [6.45, 7) is 5.62. The molecular weight excluding hydrogens is 355 g/mol. The number of ether oxygens (including phenoxy) is 1. The van der Waals surface area contributed by atoms with Crippen molar-refractivity contribution in [3.8, 4) is 0 Å². The van der Waals surface area contributed by atoms with Crippen LogP contribution in [0.25, 0.3) is 0 Å². The molecule has 0 aromatic heterocycles. The third-order valence-electron chi connectivity index (χ3n) is 0.836. The summed E-state index contributed by atoms with van der Waals surface area (Å²) in [4.78, 5) is 0. The predicted molar refractivity (Wildman–Crippen MR) is 32.8 cm³/mol. The molecule has 1 aliphatic heterocycles. The van der Waals surface area contributed by atoms with Gasteiger partial charge in [0, 0.05) is 6.10 Å². The summed E-state index contributed by atoms with van der Waals surface area (Å²) in [5.74, 6) is 0. The summed E-state index contributed by atoms with van der Waals surface area (Å²) in [6, 6.07) is 0. The number of hydrogen-bond donors (Lipinski definition) is 0. The zero-order valence-corrected chi connectivity index (χ0v) is 11.4. The summed E-state index contributed by atoms with van der Waals surface area (Å²) in [5.41, 5.74) is 0. The first-order valence-electron chi connectivity index (χ1n) is 1.79. The first-order valence-corrected chi connectivity index (χ1v) is 1.79. The second-order valence-corrected chi connectivity index (χ2v) is 1.38. The normalized spacial score (nSPS) is 30.8. The van der Waals surface area contributed by atoms with Gasteiger partial charge >= 0.3 is 0 Å². The second-order valence-electron chi connectivity index (χ2n) is 1.38. The topological polar surface area (TPSA) is 12.5 Å². The summed E-state index contributed by atoms with van der Waals surface area (Å²) >= 11 is 0. The van der Waals surface area contributed by atoms with Crippen LogP contribution in [0.1, 0.15) is 14.4 Å². The standard InChI is InChI=1S/C4H7O.CH4.CH3.Rf/c1-3-4(2)5-3;;;/h3-4H,1H2,2H3;1H4;1H3;/q-1;;-1;. The molecule has 2 atom stereocenters. The van der Waals surface area contributed by atoms with Crippen LogP contribution in [0.3, 0.4) is 0 Å². The van der Waals surface area contributed by atoms with Gasteiger partial charge < -0.3 is 19.1 Å². The molecule has 1 rings (SSSR count). The van der Waals surface area contributed by atoms with Crippen molar-refractivity contribution in [2.24, 2.45) is 0 Å². The van der Waals surface area contributed by atoms with E-state index in [4.69, 9.17) is 4.74 Å². The van der Waals surface area contributed by atoms with Crippen LogP contribution in [0.5, 0.6) is 0 Å². The molecule has 0 saturated carbocycles. The minimum Gasteiger partial charge on any atom is -0.405 e. The Hall–Kier alpha value is -1.04. The summed E-state index contributed by atoms with van der Waals surface area (Å²) in [7, 11) is 0. The molecule has 0 aromatic carbocycles. The fourth-order valence-corrected chi connectivity index (χ4v) is 0.230. The van der Waals surface area contributed by atoms with Gasteiger partial charge in [0.25, 0.3) is 0 Å². The molecule has 8 heavy (non-hydrogen) atoms. The van der Waals surface area contributed by atoms with E-state index < -0.39 is 0 Å². The Morgan fingerprint density at radius 1 is 1.50 bits per heavy atom. The monoisotopic (exact) mass is 369 g/mol. The molecule has 0 spiro atoms. The van der Waals surface area contributed by atoms with Crippen molar-refractivity contribution >= 4 is 0 Å². The van der Waals surface area contributed by atoms with Crippen LogP contribution >= 0.6 is 0 Å². The van der Waals surface area contributed by atoms with E-state index in [2.05, 4.69) is 6.92 Å². The number of hydrogen-bond acceptors (Lipinski definition) is 1. The minimum atomic E-state index is 0. The molecular formula is C6H14ORf-2. The Labute approximate surface area is 46.7 Å². The Morgan fingerprint density at radius 3 is 1.62 bits per heavy atom. The van der Waals surface area contributed by atoms with Gasteiger partial charge in [-0.25, -0.2) is 0 Å². The molecule has 1 saturated heterocycles. The van der Waals surface area contributed by atoms with Gasteiger partial charge in [-0.2, -0.15) is 0 Å². The van der Waals surface area contributed by atoms with Crippen molar-refractivity contribution in [3.63, 3.8) is 0 Å². The van der Waals surface area contributed by atoms with Crippen molar-refractivity contribution in [1.82, 2.24) is 0 Å². The zero-order valence-electron chi connectivity index (χ0n) is 4.98. The largest absolute Gasteiger partial charge is 0.405 e. The predicted octanol–water partition coefficient (Wildman–Crippen LogP) is 1.69. The van der Waals surface area contributed by atoms with Crippen LogP contribution in [-0.4, -0.2) is 12.2 Å². The smallest absolute Gasteiger partial charge is 0.0496 e. The maximum atomic E-state index is 4.81. The maximum absolute atomic E-state index is 4.81. The molecule has 0 aliphatic carbocycles. The van der Waals surface area contributed by atoms with Crippen LogP contribution in [-0.2, 0) is 4.74 Å². The van der Waals surface area contributed by atoms with Gasteiger partial charge in [-0.1, -0.05) is 7.43 Å². The first kappa shape index (κ1) is 15.8.